The van der Waals surface area contributed by atoms with Gasteiger partial charge < -0.3 is 11.2 Å². The minimum atomic E-state index is -0.341. The fraction of sp³-hybridized carbons (Fsp3) is 0.667. The molecular formula is C9H18N6OS. The largest absolute Gasteiger partial charge is 0.369 e. The van der Waals surface area contributed by atoms with E-state index in [0.29, 0.717) is 6.54 Å². The third-order valence-electron chi connectivity index (χ3n) is 2.27. The monoisotopic (exact) mass is 258 g/mol. The summed E-state index contributed by atoms with van der Waals surface area (Å²) in [5, 5.41) is 4.69. The number of nitrogens with two attached hydrogens (primary N) is 2. The summed E-state index contributed by atoms with van der Waals surface area (Å²) in [6.07, 6.45) is 2.07. The molecular weight excluding hydrogens is 240 g/mol. The van der Waals surface area contributed by atoms with Crippen molar-refractivity contribution >= 4 is 22.4 Å². The minimum absolute atomic E-state index is 0.224. The van der Waals surface area contributed by atoms with Crippen LogP contribution in [-0.4, -0.2) is 33.5 Å². The second-order valence-electron chi connectivity index (χ2n) is 3.72. The molecule has 0 bridgehead atoms. The maximum atomic E-state index is 11.0. The average Bonchev–Trinajstić information content (AvgIpc) is 2.72. The zero-order chi connectivity index (χ0) is 12.7. The third kappa shape index (κ3) is 4.63. The molecule has 0 aromatic carbocycles. The standard InChI is InChI=1S/C9H18N6OS/c1-2-3-4-15(6-8(10)16)5-7-9(12-11)17-14-13-7/h12H,2-6,11H2,1H3,(H2,10,16). The molecule has 7 nitrogen and oxygen atoms in total. The molecule has 1 aromatic heterocycles. The molecule has 1 aromatic rings. The molecule has 0 aliphatic rings. The fourth-order valence-electron chi connectivity index (χ4n) is 1.45. The number of nitrogen functional groups attached to an aromatic ring is 1. The first kappa shape index (κ1) is 13.8. The van der Waals surface area contributed by atoms with E-state index in [1.807, 2.05) is 4.90 Å². The zero-order valence-electron chi connectivity index (χ0n) is 9.85. The lowest BCUT2D eigenvalue weighted by atomic mass is 10.3. The van der Waals surface area contributed by atoms with E-state index >= 15 is 0 Å². The number of nitrogens with zero attached hydrogens (tertiary/aromatic N) is 3. The summed E-state index contributed by atoms with van der Waals surface area (Å²) >= 11 is 1.19. The Bertz CT molecular complexity index is 355. The Labute approximate surface area is 104 Å². The first-order chi connectivity index (χ1) is 8.17. The van der Waals surface area contributed by atoms with Gasteiger partial charge in [-0.3, -0.25) is 9.69 Å². The number of nitrogens with one attached hydrogen (secondary N) is 1. The second kappa shape index (κ2) is 7.15. The number of hydrazine groups is 1. The highest BCUT2D eigenvalue weighted by atomic mass is 32.1. The van der Waals surface area contributed by atoms with Crippen LogP contribution in [0.4, 0.5) is 5.00 Å². The van der Waals surface area contributed by atoms with Crippen LogP contribution in [0.15, 0.2) is 0 Å². The number of aromatic nitrogens is 2. The topological polar surface area (TPSA) is 110 Å². The molecule has 0 saturated heterocycles. The molecule has 0 saturated carbocycles. The van der Waals surface area contributed by atoms with Crippen LogP contribution < -0.4 is 17.0 Å². The minimum Gasteiger partial charge on any atom is -0.369 e. The summed E-state index contributed by atoms with van der Waals surface area (Å²) < 4.78 is 3.81. The number of unbranched alkanes of at least 4 members (excludes halogenated alkanes) is 1. The van der Waals surface area contributed by atoms with Crippen LogP contribution in [0, 0.1) is 0 Å². The van der Waals surface area contributed by atoms with Crippen molar-refractivity contribution in [2.24, 2.45) is 11.6 Å². The van der Waals surface area contributed by atoms with E-state index in [2.05, 4.69) is 21.9 Å². The van der Waals surface area contributed by atoms with Gasteiger partial charge in [0.15, 0.2) is 0 Å². The number of primary amides is 1. The lowest BCUT2D eigenvalue weighted by molar-refractivity contribution is -0.119. The summed E-state index contributed by atoms with van der Waals surface area (Å²) in [6.45, 7) is 3.65. The van der Waals surface area contributed by atoms with Gasteiger partial charge in [0.2, 0.25) is 5.91 Å². The van der Waals surface area contributed by atoms with Gasteiger partial charge in [-0.2, -0.15) is 0 Å². The van der Waals surface area contributed by atoms with Crippen molar-refractivity contribution in [2.75, 3.05) is 18.5 Å². The van der Waals surface area contributed by atoms with Crippen LogP contribution in [0.1, 0.15) is 25.5 Å². The Morgan fingerprint density at radius 3 is 2.94 bits per heavy atom. The predicted molar refractivity (Wildman–Crippen MR) is 67.1 cm³/mol. The molecule has 0 radical (unpaired) electrons. The molecule has 8 heteroatoms. The smallest absolute Gasteiger partial charge is 0.231 e. The molecule has 0 fully saturated rings. The van der Waals surface area contributed by atoms with E-state index in [-0.39, 0.29) is 12.5 Å². The van der Waals surface area contributed by atoms with Gasteiger partial charge in [-0.1, -0.05) is 17.8 Å². The van der Waals surface area contributed by atoms with Gasteiger partial charge in [0.1, 0.15) is 10.7 Å². The Morgan fingerprint density at radius 2 is 2.35 bits per heavy atom. The molecule has 1 heterocycles. The van der Waals surface area contributed by atoms with Crippen molar-refractivity contribution in [3.05, 3.63) is 5.69 Å². The van der Waals surface area contributed by atoms with Crippen molar-refractivity contribution in [2.45, 2.75) is 26.3 Å². The normalized spacial score (nSPS) is 10.8. The van der Waals surface area contributed by atoms with E-state index in [1.165, 1.54) is 11.5 Å². The molecule has 17 heavy (non-hydrogen) atoms. The van der Waals surface area contributed by atoms with Gasteiger partial charge in [-0.15, -0.1) is 5.10 Å². The summed E-state index contributed by atoms with van der Waals surface area (Å²) in [5.74, 6) is 5.00. The van der Waals surface area contributed by atoms with E-state index in [1.54, 1.807) is 0 Å². The van der Waals surface area contributed by atoms with Crippen LogP contribution in [0.2, 0.25) is 0 Å². The van der Waals surface area contributed by atoms with Crippen LogP contribution >= 0.6 is 11.5 Å². The number of hydrogen-bond donors (Lipinski definition) is 3. The third-order valence-corrected chi connectivity index (χ3v) is 2.97. The van der Waals surface area contributed by atoms with Gasteiger partial charge in [-0.25, -0.2) is 5.84 Å². The number of rotatable bonds is 8. The molecule has 96 valence electrons. The van der Waals surface area contributed by atoms with Gasteiger partial charge >= 0.3 is 0 Å². The maximum Gasteiger partial charge on any atom is 0.231 e. The number of carbonyl (C=O) groups is 1. The maximum absolute atomic E-state index is 11.0. The number of carbonyl (C=O) groups excluding carboxylic acids is 1. The highest BCUT2D eigenvalue weighted by Crippen LogP contribution is 2.17. The van der Waals surface area contributed by atoms with E-state index in [4.69, 9.17) is 11.6 Å². The van der Waals surface area contributed by atoms with Crippen LogP contribution in [0.25, 0.3) is 0 Å². The first-order valence-corrected chi connectivity index (χ1v) is 6.23. The van der Waals surface area contributed by atoms with Gasteiger partial charge in [0.25, 0.3) is 0 Å². The van der Waals surface area contributed by atoms with Crippen molar-refractivity contribution < 1.29 is 4.79 Å². The van der Waals surface area contributed by atoms with Crippen LogP contribution in [-0.2, 0) is 11.3 Å². The SMILES string of the molecule is CCCCN(CC(N)=O)Cc1nnsc1NN. The number of hydrogen-bond acceptors (Lipinski definition) is 7. The molecule has 0 unspecified atom stereocenters. The summed E-state index contributed by atoms with van der Waals surface area (Å²) in [7, 11) is 0. The highest BCUT2D eigenvalue weighted by molar-refractivity contribution is 7.10. The van der Waals surface area contributed by atoms with Crippen molar-refractivity contribution in [1.82, 2.24) is 14.5 Å². The molecule has 1 amide bonds. The van der Waals surface area contributed by atoms with Crippen LogP contribution in [0.3, 0.4) is 0 Å². The zero-order valence-corrected chi connectivity index (χ0v) is 10.7. The molecule has 0 aliphatic carbocycles. The lowest BCUT2D eigenvalue weighted by Gasteiger charge is -2.19. The summed E-state index contributed by atoms with van der Waals surface area (Å²) in [6, 6.07) is 0. The molecule has 0 aliphatic heterocycles. The Morgan fingerprint density at radius 1 is 1.59 bits per heavy atom. The molecule has 5 N–H and O–H groups in total. The number of anilines is 1. The molecule has 0 atom stereocenters. The Hall–Kier alpha value is -1.25. The Kier molecular flexibility index (Phi) is 5.81. The Balaban J connectivity index is 2.61. The van der Waals surface area contributed by atoms with Crippen molar-refractivity contribution in [3.63, 3.8) is 0 Å². The first-order valence-electron chi connectivity index (χ1n) is 5.45. The quantitative estimate of drug-likeness (QED) is 0.444. The lowest BCUT2D eigenvalue weighted by Crippen LogP contribution is -2.34. The fourth-order valence-corrected chi connectivity index (χ4v) is 1.93. The molecule has 1 rings (SSSR count). The van der Waals surface area contributed by atoms with Crippen LogP contribution in [0.5, 0.6) is 0 Å². The summed E-state index contributed by atoms with van der Waals surface area (Å²) in [5.41, 5.74) is 8.50. The van der Waals surface area contributed by atoms with Crippen molar-refractivity contribution in [1.29, 1.82) is 0 Å². The predicted octanol–water partition coefficient (Wildman–Crippen LogP) is -0.0889. The second-order valence-corrected chi connectivity index (χ2v) is 4.48. The van der Waals surface area contributed by atoms with E-state index in [9.17, 15) is 4.79 Å². The van der Waals surface area contributed by atoms with Gasteiger partial charge in [0.05, 0.1) is 6.54 Å². The van der Waals surface area contributed by atoms with E-state index < -0.39 is 0 Å². The summed E-state index contributed by atoms with van der Waals surface area (Å²) in [4.78, 5) is 12.9. The van der Waals surface area contributed by atoms with Gasteiger partial charge in [0, 0.05) is 18.1 Å². The van der Waals surface area contributed by atoms with Crippen molar-refractivity contribution in [3.8, 4) is 0 Å². The van der Waals surface area contributed by atoms with Gasteiger partial charge in [-0.05, 0) is 13.0 Å². The van der Waals surface area contributed by atoms with E-state index in [0.717, 1.165) is 30.1 Å². The molecule has 0 spiro atoms. The number of amides is 1. The highest BCUT2D eigenvalue weighted by Gasteiger charge is 2.13. The average molecular weight is 258 g/mol.